The summed E-state index contributed by atoms with van der Waals surface area (Å²) in [5.74, 6) is 0.962. The summed E-state index contributed by atoms with van der Waals surface area (Å²) in [4.78, 5) is 4.36. The number of ether oxygens (including phenoxy) is 2. The molecule has 2 N–H and O–H groups in total. The number of hydrogen-bond acceptors (Lipinski definition) is 6. The zero-order valence-corrected chi connectivity index (χ0v) is 15.1. The molecule has 2 aromatic carbocycles. The van der Waals surface area contributed by atoms with Crippen LogP contribution in [0.2, 0.25) is 0 Å². The summed E-state index contributed by atoms with van der Waals surface area (Å²) >= 11 is 0. The molecule has 0 saturated carbocycles. The van der Waals surface area contributed by atoms with E-state index >= 15 is 0 Å². The molecule has 0 bridgehead atoms. The lowest BCUT2D eigenvalue weighted by Gasteiger charge is -2.10. The number of aromatic nitrogens is 1. The summed E-state index contributed by atoms with van der Waals surface area (Å²) in [6.45, 7) is 0.683. The molecule has 0 fully saturated rings. The second-order valence-electron chi connectivity index (χ2n) is 5.87. The zero-order chi connectivity index (χ0) is 18.7. The molecule has 27 heavy (non-hydrogen) atoms. The van der Waals surface area contributed by atoms with Gasteiger partial charge in [-0.3, -0.25) is 9.71 Å². The van der Waals surface area contributed by atoms with Crippen molar-refractivity contribution >= 4 is 21.4 Å². The number of pyridine rings is 1. The third-order valence-electron chi connectivity index (χ3n) is 3.99. The summed E-state index contributed by atoms with van der Waals surface area (Å²) in [5, 5.41) is 3.24. The minimum Gasteiger partial charge on any atom is -0.454 e. The molecular weight excluding hydrogens is 366 g/mol. The van der Waals surface area contributed by atoms with Crippen LogP contribution in [0, 0.1) is 0 Å². The first-order valence-corrected chi connectivity index (χ1v) is 9.75. The minimum atomic E-state index is -3.72. The first kappa shape index (κ1) is 17.2. The van der Waals surface area contributed by atoms with Crippen LogP contribution in [0.15, 0.2) is 71.8 Å². The first-order chi connectivity index (χ1) is 13.1. The van der Waals surface area contributed by atoms with E-state index in [-0.39, 0.29) is 11.7 Å². The predicted octanol–water partition coefficient (Wildman–Crippen LogP) is 3.22. The van der Waals surface area contributed by atoms with Crippen LogP contribution < -0.4 is 19.5 Å². The third-order valence-corrected chi connectivity index (χ3v) is 5.37. The Hall–Kier alpha value is -3.26. The fourth-order valence-electron chi connectivity index (χ4n) is 2.61. The van der Waals surface area contributed by atoms with E-state index in [2.05, 4.69) is 15.0 Å². The molecule has 1 aliphatic rings. The van der Waals surface area contributed by atoms with Gasteiger partial charge in [-0.25, -0.2) is 8.42 Å². The SMILES string of the molecule is O=S(=O)(Nc1ccc(NCc2ccccn2)cc1)c1ccc2c(c1)OCO2. The molecule has 2 heterocycles. The number of benzene rings is 2. The van der Waals surface area contributed by atoms with Gasteiger partial charge in [0.05, 0.1) is 17.1 Å². The molecule has 0 radical (unpaired) electrons. The number of sulfonamides is 1. The van der Waals surface area contributed by atoms with Crippen LogP contribution in [-0.2, 0) is 16.6 Å². The Bertz CT molecular complexity index is 1040. The van der Waals surface area contributed by atoms with Gasteiger partial charge in [0.2, 0.25) is 6.79 Å². The van der Waals surface area contributed by atoms with Gasteiger partial charge in [-0.1, -0.05) is 6.07 Å². The second kappa shape index (κ2) is 7.16. The van der Waals surface area contributed by atoms with Crippen LogP contribution in [0.25, 0.3) is 0 Å². The lowest BCUT2D eigenvalue weighted by molar-refractivity contribution is 0.174. The second-order valence-corrected chi connectivity index (χ2v) is 7.55. The van der Waals surface area contributed by atoms with Crippen molar-refractivity contribution in [2.75, 3.05) is 16.8 Å². The summed E-state index contributed by atoms with van der Waals surface area (Å²) in [6, 6.07) is 17.3. The van der Waals surface area contributed by atoms with E-state index in [4.69, 9.17) is 9.47 Å². The van der Waals surface area contributed by atoms with Crippen LogP contribution in [0.4, 0.5) is 11.4 Å². The van der Waals surface area contributed by atoms with Crippen molar-refractivity contribution in [3.63, 3.8) is 0 Å². The van der Waals surface area contributed by atoms with E-state index in [0.29, 0.717) is 23.7 Å². The zero-order valence-electron chi connectivity index (χ0n) is 14.3. The highest BCUT2D eigenvalue weighted by Gasteiger charge is 2.20. The highest BCUT2D eigenvalue weighted by Crippen LogP contribution is 2.34. The molecule has 1 aromatic heterocycles. The van der Waals surface area contributed by atoms with Gasteiger partial charge in [0.1, 0.15) is 0 Å². The Kier molecular flexibility index (Phi) is 4.55. The van der Waals surface area contributed by atoms with Gasteiger partial charge in [-0.2, -0.15) is 0 Å². The fraction of sp³-hybridized carbons (Fsp3) is 0.105. The molecule has 0 saturated heterocycles. The highest BCUT2D eigenvalue weighted by atomic mass is 32.2. The maximum atomic E-state index is 12.6. The minimum absolute atomic E-state index is 0.0965. The van der Waals surface area contributed by atoms with Crippen molar-refractivity contribution < 1.29 is 17.9 Å². The molecule has 138 valence electrons. The van der Waals surface area contributed by atoms with Crippen molar-refractivity contribution in [1.82, 2.24) is 4.98 Å². The van der Waals surface area contributed by atoms with E-state index < -0.39 is 10.0 Å². The molecule has 0 amide bonds. The van der Waals surface area contributed by atoms with E-state index in [9.17, 15) is 8.42 Å². The summed E-state index contributed by atoms with van der Waals surface area (Å²) in [6.07, 6.45) is 1.74. The normalized spacial score (nSPS) is 12.6. The van der Waals surface area contributed by atoms with Crippen molar-refractivity contribution in [1.29, 1.82) is 0 Å². The number of nitrogens with one attached hydrogen (secondary N) is 2. The molecule has 8 heteroatoms. The van der Waals surface area contributed by atoms with Crippen LogP contribution >= 0.6 is 0 Å². The molecule has 0 aliphatic carbocycles. The molecule has 0 unspecified atom stereocenters. The maximum absolute atomic E-state index is 12.6. The number of hydrogen-bond donors (Lipinski definition) is 2. The van der Waals surface area contributed by atoms with Gasteiger partial charge < -0.3 is 14.8 Å². The van der Waals surface area contributed by atoms with Gasteiger partial charge in [-0.05, 0) is 48.5 Å². The van der Waals surface area contributed by atoms with Gasteiger partial charge >= 0.3 is 0 Å². The molecule has 0 atom stereocenters. The van der Waals surface area contributed by atoms with Crippen molar-refractivity contribution in [2.45, 2.75) is 11.4 Å². The van der Waals surface area contributed by atoms with Crippen molar-refractivity contribution in [3.05, 3.63) is 72.6 Å². The highest BCUT2D eigenvalue weighted by molar-refractivity contribution is 7.92. The number of fused-ring (bicyclic) bond motifs is 1. The van der Waals surface area contributed by atoms with E-state index in [1.807, 2.05) is 18.2 Å². The quantitative estimate of drug-likeness (QED) is 0.679. The molecular formula is C19H17N3O4S. The average Bonchev–Trinajstić information content (AvgIpc) is 3.16. The average molecular weight is 383 g/mol. The van der Waals surface area contributed by atoms with Crippen LogP contribution in [0.1, 0.15) is 5.69 Å². The third kappa shape index (κ3) is 3.95. The molecule has 0 spiro atoms. The Labute approximate surface area is 157 Å². The topological polar surface area (TPSA) is 89.6 Å². The molecule has 1 aliphatic heterocycles. The van der Waals surface area contributed by atoms with E-state index in [1.54, 1.807) is 36.5 Å². The lowest BCUT2D eigenvalue weighted by Crippen LogP contribution is -2.12. The Morgan fingerprint density at radius 3 is 2.48 bits per heavy atom. The van der Waals surface area contributed by atoms with E-state index in [1.165, 1.54) is 12.1 Å². The van der Waals surface area contributed by atoms with Crippen LogP contribution in [0.3, 0.4) is 0 Å². The predicted molar refractivity (Wildman–Crippen MR) is 101 cm³/mol. The Balaban J connectivity index is 1.43. The standard InChI is InChI=1S/C19H17N3O4S/c23-27(24,17-8-9-18-19(11-17)26-13-25-18)22-15-6-4-14(5-7-15)21-12-16-3-1-2-10-20-16/h1-11,21-22H,12-13H2. The largest absolute Gasteiger partial charge is 0.454 e. The number of anilines is 2. The smallest absolute Gasteiger partial charge is 0.262 e. The van der Waals surface area contributed by atoms with Crippen molar-refractivity contribution in [2.24, 2.45) is 0 Å². The Morgan fingerprint density at radius 1 is 0.926 bits per heavy atom. The van der Waals surface area contributed by atoms with Crippen molar-refractivity contribution in [3.8, 4) is 11.5 Å². The van der Waals surface area contributed by atoms with Gasteiger partial charge in [0.15, 0.2) is 11.5 Å². The summed E-state index contributed by atoms with van der Waals surface area (Å²) in [5.41, 5.74) is 2.26. The molecule has 4 rings (SSSR count). The lowest BCUT2D eigenvalue weighted by atomic mass is 10.3. The maximum Gasteiger partial charge on any atom is 0.262 e. The van der Waals surface area contributed by atoms with Crippen LogP contribution in [-0.4, -0.2) is 20.2 Å². The van der Waals surface area contributed by atoms with E-state index in [0.717, 1.165) is 11.4 Å². The Morgan fingerprint density at radius 2 is 1.70 bits per heavy atom. The fourth-order valence-corrected chi connectivity index (χ4v) is 3.68. The van der Waals surface area contributed by atoms with Gasteiger partial charge in [-0.15, -0.1) is 0 Å². The number of nitrogens with zero attached hydrogens (tertiary/aromatic N) is 1. The van der Waals surface area contributed by atoms with Gasteiger partial charge in [0.25, 0.3) is 10.0 Å². The first-order valence-electron chi connectivity index (χ1n) is 8.26. The molecule has 7 nitrogen and oxygen atoms in total. The summed E-state index contributed by atoms with van der Waals surface area (Å²) in [7, 11) is -3.72. The molecule has 3 aromatic rings. The summed E-state index contributed by atoms with van der Waals surface area (Å²) < 4.78 is 38.1. The number of rotatable bonds is 6. The van der Waals surface area contributed by atoms with Gasteiger partial charge in [0, 0.05) is 23.6 Å². The monoisotopic (exact) mass is 383 g/mol. The van der Waals surface area contributed by atoms with Crippen LogP contribution in [0.5, 0.6) is 11.5 Å².